The minimum atomic E-state index is -1.45. The Hall–Kier alpha value is -0.630. The van der Waals surface area contributed by atoms with E-state index in [-0.39, 0.29) is 18.6 Å². The van der Waals surface area contributed by atoms with Gasteiger partial charge in [-0.25, -0.2) is 4.39 Å². The predicted octanol–water partition coefficient (Wildman–Crippen LogP) is 3.94. The maximum atomic E-state index is 14.4. The lowest BCUT2D eigenvalue weighted by Crippen LogP contribution is -2.42. The predicted molar refractivity (Wildman–Crippen MR) is 93.9 cm³/mol. The van der Waals surface area contributed by atoms with Gasteiger partial charge in [0, 0.05) is 21.4 Å². The molecular formula is C16H23BrFNO3S. The van der Waals surface area contributed by atoms with Crippen molar-refractivity contribution in [2.24, 2.45) is 0 Å². The molecule has 0 bridgehead atoms. The smallest absolute Gasteiger partial charge is 0.307 e. The zero-order valence-corrected chi connectivity index (χ0v) is 16.4. The van der Waals surface area contributed by atoms with Crippen LogP contribution in [0.5, 0.6) is 0 Å². The van der Waals surface area contributed by atoms with E-state index < -0.39 is 33.9 Å². The number of esters is 1. The van der Waals surface area contributed by atoms with Crippen LogP contribution in [-0.2, 0) is 20.9 Å². The quantitative estimate of drug-likeness (QED) is 0.572. The average molecular weight is 408 g/mol. The summed E-state index contributed by atoms with van der Waals surface area (Å²) in [5.74, 6) is -0.912. The normalized spacial score (nSPS) is 14.4. The molecule has 1 rings (SSSR count). The number of hydrogen-bond donors (Lipinski definition) is 1. The zero-order chi connectivity index (χ0) is 17.8. The molecule has 1 aromatic carbocycles. The first-order chi connectivity index (χ1) is 10.6. The molecule has 0 saturated heterocycles. The van der Waals surface area contributed by atoms with Gasteiger partial charge in [0.25, 0.3) is 0 Å². The summed E-state index contributed by atoms with van der Waals surface area (Å²) in [4.78, 5) is 11.8. The third-order valence-electron chi connectivity index (χ3n) is 3.13. The molecule has 0 saturated carbocycles. The Morgan fingerprint density at radius 1 is 1.48 bits per heavy atom. The van der Waals surface area contributed by atoms with Crippen LogP contribution < -0.4 is 4.72 Å². The van der Waals surface area contributed by atoms with Crippen LogP contribution in [-0.4, -0.2) is 21.9 Å². The summed E-state index contributed by atoms with van der Waals surface area (Å²) in [6.07, 6.45) is -0.0952. The molecule has 0 aliphatic carbocycles. The van der Waals surface area contributed by atoms with E-state index in [9.17, 15) is 13.7 Å². The molecule has 0 heterocycles. The van der Waals surface area contributed by atoms with Gasteiger partial charge in [-0.15, -0.1) is 4.72 Å². The molecule has 23 heavy (non-hydrogen) atoms. The zero-order valence-electron chi connectivity index (χ0n) is 14.0. The molecule has 7 heteroatoms. The van der Waals surface area contributed by atoms with E-state index in [0.717, 1.165) is 10.0 Å². The van der Waals surface area contributed by atoms with Crippen LogP contribution in [0.15, 0.2) is 16.6 Å². The van der Waals surface area contributed by atoms with Gasteiger partial charge in [0.2, 0.25) is 0 Å². The van der Waals surface area contributed by atoms with E-state index in [0.29, 0.717) is 0 Å². The van der Waals surface area contributed by atoms with Crippen molar-refractivity contribution in [3.05, 3.63) is 33.5 Å². The topological polar surface area (TPSA) is 61.4 Å². The van der Waals surface area contributed by atoms with Crippen LogP contribution in [0.4, 0.5) is 4.39 Å². The van der Waals surface area contributed by atoms with Crippen molar-refractivity contribution in [3.8, 4) is 0 Å². The van der Waals surface area contributed by atoms with Gasteiger partial charge in [0.15, 0.2) is 0 Å². The van der Waals surface area contributed by atoms with Crippen molar-refractivity contribution in [1.29, 1.82) is 0 Å². The molecule has 0 spiro atoms. The summed E-state index contributed by atoms with van der Waals surface area (Å²) in [5.41, 5.74) is 1.03. The Morgan fingerprint density at radius 3 is 2.61 bits per heavy atom. The summed E-state index contributed by atoms with van der Waals surface area (Å²) in [5, 5.41) is 0. The monoisotopic (exact) mass is 407 g/mol. The molecule has 0 amide bonds. The van der Waals surface area contributed by atoms with Gasteiger partial charge in [0.1, 0.15) is 10.6 Å². The molecule has 1 unspecified atom stereocenters. The van der Waals surface area contributed by atoms with E-state index >= 15 is 0 Å². The van der Waals surface area contributed by atoms with Crippen molar-refractivity contribution >= 4 is 33.3 Å². The molecule has 1 N–H and O–H groups in total. The highest BCUT2D eigenvalue weighted by molar-refractivity contribution is 9.10. The van der Waals surface area contributed by atoms with E-state index in [4.69, 9.17) is 4.74 Å². The lowest BCUT2D eigenvalue weighted by molar-refractivity contribution is -0.143. The van der Waals surface area contributed by atoms with Crippen LogP contribution in [0.1, 0.15) is 51.3 Å². The van der Waals surface area contributed by atoms with Crippen LogP contribution >= 0.6 is 15.9 Å². The Balaban J connectivity index is 3.13. The number of carbonyl (C=O) groups is 1. The maximum absolute atomic E-state index is 14.4. The Morgan fingerprint density at radius 2 is 2.09 bits per heavy atom. The van der Waals surface area contributed by atoms with Crippen LogP contribution in [0, 0.1) is 12.7 Å². The highest BCUT2D eigenvalue weighted by Gasteiger charge is 2.32. The molecule has 130 valence electrons. The molecule has 0 aliphatic rings. The third kappa shape index (κ3) is 6.06. The van der Waals surface area contributed by atoms with Gasteiger partial charge >= 0.3 is 5.97 Å². The van der Waals surface area contributed by atoms with Crippen molar-refractivity contribution in [3.63, 3.8) is 0 Å². The maximum Gasteiger partial charge on any atom is 0.307 e. The molecule has 0 radical (unpaired) electrons. The second kappa shape index (κ2) is 8.46. The Kier molecular flexibility index (Phi) is 7.51. The number of ether oxygens (including phenoxy) is 1. The lowest BCUT2D eigenvalue weighted by Gasteiger charge is -2.28. The first-order valence-corrected chi connectivity index (χ1v) is 9.29. The molecular weight excluding hydrogens is 385 g/mol. The number of carbonyl (C=O) groups excluding carboxylic acids is 1. The van der Waals surface area contributed by atoms with Gasteiger partial charge in [-0.3, -0.25) is 4.79 Å². The van der Waals surface area contributed by atoms with Crippen LogP contribution in [0.3, 0.4) is 0 Å². The average Bonchev–Trinajstić information content (AvgIpc) is 2.41. The number of nitrogens with one attached hydrogen (secondary N) is 1. The number of rotatable bonds is 6. The highest BCUT2D eigenvalue weighted by atomic mass is 79.9. The fourth-order valence-electron chi connectivity index (χ4n) is 1.84. The number of hydrogen-bond acceptors (Lipinski definition) is 4. The van der Waals surface area contributed by atoms with Gasteiger partial charge in [0.05, 0.1) is 19.1 Å². The van der Waals surface area contributed by atoms with Crippen LogP contribution in [0.25, 0.3) is 0 Å². The summed E-state index contributed by atoms with van der Waals surface area (Å²) in [6, 6.07) is 2.27. The number of halogens is 2. The van der Waals surface area contributed by atoms with Crippen molar-refractivity contribution in [1.82, 2.24) is 4.72 Å². The number of aryl methyl sites for hydroxylation is 1. The standard InChI is InChI=1S/C16H23BrFNO3S/c1-6-22-15(20)9-14(19-23(21)16(3,4)5)11-8-12(17)10(2)7-13(11)18/h7-8,14,19H,6,9H2,1-5H3/t14-,23?/m0/s1. The molecule has 1 aromatic rings. The van der Waals surface area contributed by atoms with Gasteiger partial charge in [-0.2, -0.15) is 0 Å². The summed E-state index contributed by atoms with van der Waals surface area (Å²) in [7, 11) is 0. The van der Waals surface area contributed by atoms with Crippen molar-refractivity contribution in [2.45, 2.75) is 51.8 Å². The lowest BCUT2D eigenvalue weighted by atomic mass is 10.0. The minimum Gasteiger partial charge on any atom is -0.598 e. The minimum absolute atomic E-state index is 0.0952. The fourth-order valence-corrected chi connectivity index (χ4v) is 3.02. The van der Waals surface area contributed by atoms with Gasteiger partial charge < -0.3 is 9.29 Å². The summed E-state index contributed by atoms with van der Waals surface area (Å²) in [6.45, 7) is 9.14. The molecule has 0 aliphatic heterocycles. The second-order valence-corrected chi connectivity index (χ2v) is 9.04. The van der Waals surface area contributed by atoms with Crippen LogP contribution in [0.2, 0.25) is 0 Å². The SMILES string of the molecule is CCOC(=O)C[C@H](N[S+]([O-])C(C)(C)C)c1cc(Br)c(C)cc1F. The molecule has 2 atom stereocenters. The first kappa shape index (κ1) is 20.4. The molecule has 0 aromatic heterocycles. The largest absolute Gasteiger partial charge is 0.598 e. The summed E-state index contributed by atoms with van der Waals surface area (Å²) >= 11 is 1.92. The van der Waals surface area contributed by atoms with Gasteiger partial charge in [-0.05, 0) is 52.3 Å². The van der Waals surface area contributed by atoms with E-state index in [2.05, 4.69) is 20.7 Å². The van der Waals surface area contributed by atoms with E-state index in [1.54, 1.807) is 40.7 Å². The first-order valence-electron chi connectivity index (χ1n) is 7.35. The highest BCUT2D eigenvalue weighted by Crippen LogP contribution is 2.29. The van der Waals surface area contributed by atoms with Crippen molar-refractivity contribution < 1.29 is 18.5 Å². The Bertz CT molecular complexity index is 563. The molecule has 0 fully saturated rings. The Labute approximate surface area is 148 Å². The summed E-state index contributed by atoms with van der Waals surface area (Å²) < 4.78 is 34.7. The fraction of sp³-hybridized carbons (Fsp3) is 0.562. The third-order valence-corrected chi connectivity index (χ3v) is 5.60. The number of benzene rings is 1. The van der Waals surface area contributed by atoms with Crippen molar-refractivity contribution in [2.75, 3.05) is 6.61 Å². The van der Waals surface area contributed by atoms with Gasteiger partial charge in [-0.1, -0.05) is 15.9 Å². The van der Waals surface area contributed by atoms with E-state index in [1.807, 2.05) is 0 Å². The second-order valence-electron chi connectivity index (χ2n) is 6.18. The van der Waals surface area contributed by atoms with E-state index in [1.165, 1.54) is 6.07 Å². The molecule has 4 nitrogen and oxygen atoms in total.